The highest BCUT2D eigenvalue weighted by molar-refractivity contribution is 5.96. The van der Waals surface area contributed by atoms with E-state index in [0.29, 0.717) is 11.6 Å². The van der Waals surface area contributed by atoms with Crippen molar-refractivity contribution < 1.29 is 14.2 Å². The molecule has 2 aliphatic heterocycles. The fourth-order valence-electron chi connectivity index (χ4n) is 4.21. The predicted octanol–water partition coefficient (Wildman–Crippen LogP) is 3.57. The molecule has 0 radical (unpaired) electrons. The highest BCUT2D eigenvalue weighted by atomic mass is 19.0. The largest absolute Gasteiger partial charge is 0.381 e. The SMILES string of the molecule is C.CC(C)c1nc(C(N)=O)c(Nc2ccc(N3CCN(C)CC3)cc2)nc1NC1CCOCC1.F. The van der Waals surface area contributed by atoms with Crippen LogP contribution in [0.5, 0.6) is 0 Å². The number of carbonyl (C=O) groups excluding carboxylic acids is 1. The molecule has 0 unspecified atom stereocenters. The lowest BCUT2D eigenvalue weighted by molar-refractivity contribution is 0.0903. The first-order chi connectivity index (χ1) is 15.9. The number of likely N-dealkylation sites (N-methyl/N-ethyl adjacent to an activating group) is 1. The predicted molar refractivity (Wildman–Crippen MR) is 141 cm³/mol. The maximum Gasteiger partial charge on any atom is 0.271 e. The molecule has 1 aromatic carbocycles. The van der Waals surface area contributed by atoms with Crippen LogP contribution >= 0.6 is 0 Å². The minimum absolute atomic E-state index is 0. The third-order valence-corrected chi connectivity index (χ3v) is 6.26. The van der Waals surface area contributed by atoms with Crippen molar-refractivity contribution in [2.45, 2.75) is 46.1 Å². The van der Waals surface area contributed by atoms with Gasteiger partial charge in [0.25, 0.3) is 5.91 Å². The molecular weight excluding hydrogens is 449 g/mol. The number of primary amides is 1. The highest BCUT2D eigenvalue weighted by Gasteiger charge is 2.23. The van der Waals surface area contributed by atoms with Gasteiger partial charge in [-0.05, 0) is 50.1 Å². The number of nitrogens with two attached hydrogens (primary N) is 1. The molecule has 1 aromatic heterocycles. The summed E-state index contributed by atoms with van der Waals surface area (Å²) >= 11 is 0. The Kier molecular flexibility index (Phi) is 10.2. The Bertz CT molecular complexity index is 957. The molecule has 0 bridgehead atoms. The minimum Gasteiger partial charge on any atom is -0.381 e. The number of amides is 1. The van der Waals surface area contributed by atoms with Gasteiger partial charge in [-0.3, -0.25) is 9.50 Å². The zero-order chi connectivity index (χ0) is 23.4. The van der Waals surface area contributed by atoms with Crippen LogP contribution in [0.4, 0.5) is 27.7 Å². The van der Waals surface area contributed by atoms with Crippen molar-refractivity contribution in [2.75, 3.05) is 62.0 Å². The summed E-state index contributed by atoms with van der Waals surface area (Å²) in [5.74, 6) is 0.556. The molecule has 0 spiro atoms. The number of nitrogens with one attached hydrogen (secondary N) is 2. The van der Waals surface area contributed by atoms with Crippen molar-refractivity contribution in [2.24, 2.45) is 5.73 Å². The molecule has 0 saturated carbocycles. The smallest absolute Gasteiger partial charge is 0.271 e. The van der Waals surface area contributed by atoms with Crippen LogP contribution in [-0.2, 0) is 4.74 Å². The monoisotopic (exact) mass is 489 g/mol. The van der Waals surface area contributed by atoms with Gasteiger partial charge in [0.2, 0.25) is 0 Å². The summed E-state index contributed by atoms with van der Waals surface area (Å²) in [6.45, 7) is 9.67. The van der Waals surface area contributed by atoms with Crippen LogP contribution in [0.3, 0.4) is 0 Å². The number of anilines is 4. The fraction of sp³-hybridized carbons (Fsp3) is 0.560. The molecule has 4 N–H and O–H groups in total. The Labute approximate surface area is 207 Å². The van der Waals surface area contributed by atoms with E-state index < -0.39 is 5.91 Å². The number of rotatable bonds is 7. The molecule has 10 heteroatoms. The summed E-state index contributed by atoms with van der Waals surface area (Å²) in [4.78, 5) is 26.3. The molecule has 2 fully saturated rings. The maximum absolute atomic E-state index is 12.2. The summed E-state index contributed by atoms with van der Waals surface area (Å²) in [5.41, 5.74) is 8.59. The number of ether oxygens (including phenoxy) is 1. The quantitative estimate of drug-likeness (QED) is 0.542. The summed E-state index contributed by atoms with van der Waals surface area (Å²) < 4.78 is 5.47. The summed E-state index contributed by atoms with van der Waals surface area (Å²) in [6, 6.07) is 8.45. The average Bonchev–Trinajstić information content (AvgIpc) is 2.80. The molecule has 194 valence electrons. The Morgan fingerprint density at radius 3 is 2.26 bits per heavy atom. The van der Waals surface area contributed by atoms with Crippen LogP contribution in [0.1, 0.15) is 56.2 Å². The lowest BCUT2D eigenvalue weighted by Gasteiger charge is -2.34. The average molecular weight is 490 g/mol. The van der Waals surface area contributed by atoms with Crippen LogP contribution in [0.2, 0.25) is 0 Å². The molecule has 0 atom stereocenters. The van der Waals surface area contributed by atoms with Crippen LogP contribution < -0.4 is 21.3 Å². The molecule has 2 aromatic rings. The first-order valence-electron chi connectivity index (χ1n) is 11.8. The zero-order valence-corrected chi connectivity index (χ0v) is 20.2. The summed E-state index contributed by atoms with van der Waals surface area (Å²) in [6.07, 6.45) is 1.82. The van der Waals surface area contributed by atoms with Gasteiger partial charge in [-0.25, -0.2) is 9.97 Å². The lowest BCUT2D eigenvalue weighted by Crippen LogP contribution is -2.44. The van der Waals surface area contributed by atoms with Crippen LogP contribution in [-0.4, -0.2) is 73.3 Å². The number of halogens is 1. The third-order valence-electron chi connectivity index (χ3n) is 6.26. The Morgan fingerprint density at radius 1 is 1.06 bits per heavy atom. The van der Waals surface area contributed by atoms with E-state index in [2.05, 4.69) is 44.6 Å². The summed E-state index contributed by atoms with van der Waals surface area (Å²) in [7, 11) is 2.15. The van der Waals surface area contributed by atoms with Crippen molar-refractivity contribution >= 4 is 28.9 Å². The molecular formula is C25H40FN7O2. The van der Waals surface area contributed by atoms with E-state index >= 15 is 0 Å². The first-order valence-corrected chi connectivity index (χ1v) is 11.8. The van der Waals surface area contributed by atoms with Crippen molar-refractivity contribution in [3.63, 3.8) is 0 Å². The van der Waals surface area contributed by atoms with Gasteiger partial charge in [-0.2, -0.15) is 0 Å². The van der Waals surface area contributed by atoms with Crippen molar-refractivity contribution in [1.82, 2.24) is 14.9 Å². The van der Waals surface area contributed by atoms with E-state index in [1.165, 1.54) is 5.69 Å². The van der Waals surface area contributed by atoms with E-state index in [-0.39, 0.29) is 29.8 Å². The van der Waals surface area contributed by atoms with Gasteiger partial charge in [0.1, 0.15) is 0 Å². The minimum atomic E-state index is -0.599. The highest BCUT2D eigenvalue weighted by Crippen LogP contribution is 2.28. The number of aromatic nitrogens is 2. The van der Waals surface area contributed by atoms with E-state index in [9.17, 15) is 4.79 Å². The molecule has 3 heterocycles. The number of hydrogen-bond donors (Lipinski definition) is 3. The topological polar surface area (TPSA) is 109 Å². The molecule has 35 heavy (non-hydrogen) atoms. The van der Waals surface area contributed by atoms with E-state index in [0.717, 1.165) is 63.6 Å². The maximum atomic E-state index is 12.2. The standard InChI is InChI=1S/C24H35N7O2.CH4.FH/c1-16(2)20-23(27-18-8-14-33-15-9-18)29-24(21(28-20)22(25)32)26-17-4-6-19(7-5-17)31-12-10-30(3)11-13-31;;/h4-7,16,18H,8-15H2,1-3H3,(H2,25,32)(H2,26,27,29);1H4;1H. The van der Waals surface area contributed by atoms with Crippen molar-refractivity contribution in [3.05, 3.63) is 35.7 Å². The Morgan fingerprint density at radius 2 is 1.69 bits per heavy atom. The Hall–Kier alpha value is -2.98. The fourth-order valence-corrected chi connectivity index (χ4v) is 4.21. The Balaban J connectivity index is 0.00000216. The lowest BCUT2D eigenvalue weighted by atomic mass is 10.1. The zero-order valence-electron chi connectivity index (χ0n) is 20.2. The van der Waals surface area contributed by atoms with Gasteiger partial charge in [0.05, 0.1) is 5.69 Å². The molecule has 2 aliphatic rings. The van der Waals surface area contributed by atoms with Gasteiger partial charge < -0.3 is 30.9 Å². The second-order valence-corrected chi connectivity index (χ2v) is 9.17. The van der Waals surface area contributed by atoms with Gasteiger partial charge in [0, 0.05) is 56.8 Å². The van der Waals surface area contributed by atoms with Crippen LogP contribution in [0.15, 0.2) is 24.3 Å². The second kappa shape index (κ2) is 12.6. The van der Waals surface area contributed by atoms with E-state index in [1.54, 1.807) is 0 Å². The van der Waals surface area contributed by atoms with Gasteiger partial charge >= 0.3 is 0 Å². The number of benzene rings is 1. The van der Waals surface area contributed by atoms with Gasteiger partial charge in [-0.1, -0.05) is 21.3 Å². The second-order valence-electron chi connectivity index (χ2n) is 9.17. The van der Waals surface area contributed by atoms with Crippen LogP contribution in [0.25, 0.3) is 0 Å². The normalized spacial score (nSPS) is 16.9. The van der Waals surface area contributed by atoms with Gasteiger partial charge in [-0.15, -0.1) is 0 Å². The third kappa shape index (κ3) is 7.02. The van der Waals surface area contributed by atoms with E-state index in [4.69, 9.17) is 15.5 Å². The number of nitrogens with zero attached hydrogens (tertiary/aromatic N) is 4. The van der Waals surface area contributed by atoms with Gasteiger partial charge in [0.15, 0.2) is 17.3 Å². The van der Waals surface area contributed by atoms with E-state index in [1.807, 2.05) is 26.0 Å². The molecule has 9 nitrogen and oxygen atoms in total. The number of hydrogen-bond acceptors (Lipinski definition) is 8. The number of piperazine rings is 1. The summed E-state index contributed by atoms with van der Waals surface area (Å²) in [5, 5.41) is 6.79. The molecule has 2 saturated heterocycles. The first kappa shape index (κ1) is 28.3. The number of carbonyl (C=O) groups is 1. The van der Waals surface area contributed by atoms with Crippen molar-refractivity contribution in [3.8, 4) is 0 Å². The molecule has 1 amide bonds. The van der Waals surface area contributed by atoms with Crippen LogP contribution in [0, 0.1) is 0 Å². The molecule has 4 rings (SSSR count). The van der Waals surface area contributed by atoms with Crippen molar-refractivity contribution in [1.29, 1.82) is 0 Å². The molecule has 0 aliphatic carbocycles.